The molecule has 0 heterocycles. The van der Waals surface area contributed by atoms with E-state index in [9.17, 15) is 0 Å². The third kappa shape index (κ3) is 4.52. The Morgan fingerprint density at radius 1 is 1.10 bits per heavy atom. The lowest BCUT2D eigenvalue weighted by Gasteiger charge is -2.22. The Labute approximate surface area is 123 Å². The van der Waals surface area contributed by atoms with Gasteiger partial charge in [0.05, 0.1) is 6.61 Å². The van der Waals surface area contributed by atoms with Crippen LogP contribution in [0, 0.1) is 5.92 Å². The van der Waals surface area contributed by atoms with Crippen molar-refractivity contribution in [2.24, 2.45) is 5.92 Å². The zero-order valence-corrected chi connectivity index (χ0v) is 13.0. The van der Waals surface area contributed by atoms with E-state index in [-0.39, 0.29) is 0 Å². The lowest BCUT2D eigenvalue weighted by Crippen LogP contribution is -2.20. The summed E-state index contributed by atoms with van der Waals surface area (Å²) in [6.45, 7) is 6.29. The molecule has 112 valence electrons. The van der Waals surface area contributed by atoms with Crippen LogP contribution in [0.25, 0.3) is 0 Å². The van der Waals surface area contributed by atoms with E-state index in [1.807, 2.05) is 0 Å². The molecule has 2 rings (SSSR count). The molecule has 1 aromatic rings. The highest BCUT2D eigenvalue weighted by Crippen LogP contribution is 2.25. The highest BCUT2D eigenvalue weighted by molar-refractivity contribution is 5.29. The molecule has 1 fully saturated rings. The molecule has 0 aromatic heterocycles. The fraction of sp³-hybridized carbons (Fsp3) is 0.667. The molecule has 0 spiro atoms. The molecule has 0 bridgehead atoms. The van der Waals surface area contributed by atoms with Crippen LogP contribution in [-0.2, 0) is 0 Å². The predicted molar refractivity (Wildman–Crippen MR) is 85.2 cm³/mol. The van der Waals surface area contributed by atoms with Gasteiger partial charge in [-0.3, -0.25) is 0 Å². The molecule has 1 aliphatic carbocycles. The van der Waals surface area contributed by atoms with Crippen molar-refractivity contribution in [1.29, 1.82) is 0 Å². The van der Waals surface area contributed by atoms with Crippen LogP contribution in [0.3, 0.4) is 0 Å². The van der Waals surface area contributed by atoms with Crippen LogP contribution in [0.1, 0.15) is 64.0 Å². The van der Waals surface area contributed by atoms with Crippen LogP contribution < -0.4 is 10.1 Å². The summed E-state index contributed by atoms with van der Waals surface area (Å²) in [6.07, 6.45) is 7.98. The Kier molecular flexibility index (Phi) is 6.38. The standard InChI is InChI=1S/C18H29NO/c1-3-18(19-4-2)16-10-12-17(13-11-16)20-14-15-8-6-5-7-9-15/h10-13,15,18-19H,3-9,14H2,1-2H3. The second-order valence-electron chi connectivity index (χ2n) is 5.90. The van der Waals surface area contributed by atoms with Crippen molar-refractivity contribution in [2.45, 2.75) is 58.4 Å². The molecule has 2 heteroatoms. The van der Waals surface area contributed by atoms with E-state index in [1.165, 1.54) is 37.7 Å². The molecule has 0 saturated heterocycles. The maximum Gasteiger partial charge on any atom is 0.119 e. The van der Waals surface area contributed by atoms with E-state index in [0.29, 0.717) is 6.04 Å². The van der Waals surface area contributed by atoms with Gasteiger partial charge in [-0.05, 0) is 49.4 Å². The summed E-state index contributed by atoms with van der Waals surface area (Å²) in [5, 5.41) is 3.51. The Hall–Kier alpha value is -1.02. The Balaban J connectivity index is 1.84. The van der Waals surface area contributed by atoms with Gasteiger partial charge in [-0.15, -0.1) is 0 Å². The van der Waals surface area contributed by atoms with Crippen LogP contribution in [0.4, 0.5) is 0 Å². The van der Waals surface area contributed by atoms with E-state index in [4.69, 9.17) is 4.74 Å². The zero-order chi connectivity index (χ0) is 14.2. The SMILES string of the molecule is CCNC(CC)c1ccc(OCC2CCCCC2)cc1. The number of benzene rings is 1. The topological polar surface area (TPSA) is 21.3 Å². The maximum atomic E-state index is 5.95. The molecule has 1 atom stereocenters. The summed E-state index contributed by atoms with van der Waals surface area (Å²) in [5.41, 5.74) is 1.36. The van der Waals surface area contributed by atoms with Gasteiger partial charge in [-0.25, -0.2) is 0 Å². The fourth-order valence-electron chi connectivity index (χ4n) is 3.11. The minimum absolute atomic E-state index is 0.465. The van der Waals surface area contributed by atoms with Crippen LogP contribution in [0.5, 0.6) is 5.75 Å². The van der Waals surface area contributed by atoms with Gasteiger partial charge in [0.15, 0.2) is 0 Å². The number of rotatable bonds is 7. The first-order valence-electron chi connectivity index (χ1n) is 8.29. The molecule has 1 unspecified atom stereocenters. The first-order valence-corrected chi connectivity index (χ1v) is 8.29. The van der Waals surface area contributed by atoms with Crippen molar-refractivity contribution in [3.63, 3.8) is 0 Å². The third-order valence-electron chi connectivity index (χ3n) is 4.35. The summed E-state index contributed by atoms with van der Waals surface area (Å²) in [7, 11) is 0. The highest BCUT2D eigenvalue weighted by Gasteiger charge is 2.14. The van der Waals surface area contributed by atoms with Crippen LogP contribution in [-0.4, -0.2) is 13.2 Å². The molecule has 1 N–H and O–H groups in total. The largest absolute Gasteiger partial charge is 0.493 e. The second kappa shape index (κ2) is 8.31. The lowest BCUT2D eigenvalue weighted by atomic mass is 9.90. The van der Waals surface area contributed by atoms with E-state index < -0.39 is 0 Å². The first kappa shape index (κ1) is 15.4. The van der Waals surface area contributed by atoms with Crippen molar-refractivity contribution in [3.05, 3.63) is 29.8 Å². The van der Waals surface area contributed by atoms with Gasteiger partial charge in [-0.1, -0.05) is 45.2 Å². The summed E-state index contributed by atoms with van der Waals surface area (Å²) >= 11 is 0. The average Bonchev–Trinajstić information content (AvgIpc) is 2.52. The number of nitrogens with one attached hydrogen (secondary N) is 1. The van der Waals surface area contributed by atoms with Crippen molar-refractivity contribution in [3.8, 4) is 5.75 Å². The van der Waals surface area contributed by atoms with Crippen molar-refractivity contribution < 1.29 is 4.74 Å². The Bertz CT molecular complexity index is 368. The van der Waals surface area contributed by atoms with Crippen molar-refractivity contribution in [2.75, 3.05) is 13.2 Å². The van der Waals surface area contributed by atoms with E-state index >= 15 is 0 Å². The van der Waals surface area contributed by atoms with Crippen molar-refractivity contribution in [1.82, 2.24) is 5.32 Å². The molecule has 0 radical (unpaired) electrons. The normalized spacial score (nSPS) is 17.9. The molecule has 2 nitrogen and oxygen atoms in total. The van der Waals surface area contributed by atoms with Crippen molar-refractivity contribution >= 4 is 0 Å². The Morgan fingerprint density at radius 2 is 1.80 bits per heavy atom. The maximum absolute atomic E-state index is 5.95. The molecule has 1 aromatic carbocycles. The zero-order valence-electron chi connectivity index (χ0n) is 13.0. The number of hydrogen-bond acceptors (Lipinski definition) is 2. The summed E-state index contributed by atoms with van der Waals surface area (Å²) in [6, 6.07) is 9.11. The summed E-state index contributed by atoms with van der Waals surface area (Å²) < 4.78 is 5.95. The molecular formula is C18H29NO. The minimum atomic E-state index is 0.465. The molecule has 1 saturated carbocycles. The molecule has 20 heavy (non-hydrogen) atoms. The monoisotopic (exact) mass is 275 g/mol. The van der Waals surface area contributed by atoms with Gasteiger partial charge in [0.25, 0.3) is 0 Å². The lowest BCUT2D eigenvalue weighted by molar-refractivity contribution is 0.209. The highest BCUT2D eigenvalue weighted by atomic mass is 16.5. The quantitative estimate of drug-likeness (QED) is 0.778. The first-order chi connectivity index (χ1) is 9.83. The molecule has 1 aliphatic rings. The second-order valence-corrected chi connectivity index (χ2v) is 5.90. The van der Waals surface area contributed by atoms with Crippen LogP contribution in [0.15, 0.2) is 24.3 Å². The predicted octanol–water partition coefficient (Wildman–Crippen LogP) is 4.71. The molecule has 0 aliphatic heterocycles. The molecule has 0 amide bonds. The fourth-order valence-corrected chi connectivity index (χ4v) is 3.11. The van der Waals surface area contributed by atoms with Gasteiger partial charge in [0.2, 0.25) is 0 Å². The third-order valence-corrected chi connectivity index (χ3v) is 4.35. The molecular weight excluding hydrogens is 246 g/mol. The van der Waals surface area contributed by atoms with E-state index in [2.05, 4.69) is 43.4 Å². The Morgan fingerprint density at radius 3 is 2.40 bits per heavy atom. The smallest absolute Gasteiger partial charge is 0.119 e. The summed E-state index contributed by atoms with van der Waals surface area (Å²) in [5.74, 6) is 1.79. The van der Waals surface area contributed by atoms with E-state index in [1.54, 1.807) is 0 Å². The van der Waals surface area contributed by atoms with Gasteiger partial charge < -0.3 is 10.1 Å². The van der Waals surface area contributed by atoms with Gasteiger partial charge in [0, 0.05) is 6.04 Å². The van der Waals surface area contributed by atoms with Crippen LogP contribution >= 0.6 is 0 Å². The minimum Gasteiger partial charge on any atom is -0.493 e. The number of ether oxygens (including phenoxy) is 1. The summed E-state index contributed by atoms with van der Waals surface area (Å²) in [4.78, 5) is 0. The van der Waals surface area contributed by atoms with Gasteiger partial charge in [-0.2, -0.15) is 0 Å². The number of hydrogen-bond donors (Lipinski definition) is 1. The van der Waals surface area contributed by atoms with Gasteiger partial charge >= 0.3 is 0 Å². The van der Waals surface area contributed by atoms with Gasteiger partial charge in [0.1, 0.15) is 5.75 Å². The average molecular weight is 275 g/mol. The van der Waals surface area contributed by atoms with Crippen LogP contribution in [0.2, 0.25) is 0 Å². The van der Waals surface area contributed by atoms with E-state index in [0.717, 1.165) is 31.2 Å².